The second-order valence-corrected chi connectivity index (χ2v) is 8.45. The molecule has 2 atom stereocenters. The van der Waals surface area contributed by atoms with E-state index < -0.39 is 29.7 Å². The molecule has 174 valence electrons. The van der Waals surface area contributed by atoms with Crippen molar-refractivity contribution in [2.24, 2.45) is 0 Å². The molecule has 0 fully saturated rings. The Morgan fingerprint density at radius 3 is 2.32 bits per heavy atom. The lowest BCUT2D eigenvalue weighted by Crippen LogP contribution is -2.52. The van der Waals surface area contributed by atoms with Gasteiger partial charge in [0.25, 0.3) is 0 Å². The van der Waals surface area contributed by atoms with Gasteiger partial charge in [0.1, 0.15) is 23.4 Å². The molecule has 3 amide bonds. The Labute approximate surface area is 185 Å². The van der Waals surface area contributed by atoms with Gasteiger partial charge in [0, 0.05) is 18.7 Å². The predicted octanol–water partition coefficient (Wildman–Crippen LogP) is 3.50. The number of phenols is 1. The van der Waals surface area contributed by atoms with Crippen molar-refractivity contribution in [2.45, 2.75) is 78.5 Å². The lowest BCUT2D eigenvalue weighted by molar-refractivity contribution is -0.142. The minimum Gasteiger partial charge on any atom is -0.508 e. The fourth-order valence-electron chi connectivity index (χ4n) is 3.11. The number of nitrogens with zero attached hydrogens (tertiary/aromatic N) is 1. The molecular formula is C23H37N3O5. The molecule has 0 heterocycles. The number of alkyl carbamates (subject to hydrolysis) is 1. The van der Waals surface area contributed by atoms with Crippen molar-refractivity contribution in [3.63, 3.8) is 0 Å². The third-order valence-electron chi connectivity index (χ3n) is 4.60. The van der Waals surface area contributed by atoms with Gasteiger partial charge >= 0.3 is 6.09 Å². The fraction of sp³-hybridized carbons (Fsp3) is 0.609. The number of likely N-dealkylation sites (N-methyl/N-ethyl adjacent to an activating group) is 1. The number of carbonyl (C=O) groups is 3. The zero-order valence-electron chi connectivity index (χ0n) is 19.5. The lowest BCUT2D eigenvalue weighted by atomic mass is 10.0. The number of benzene rings is 1. The summed E-state index contributed by atoms with van der Waals surface area (Å²) in [7, 11) is 0. The number of phenolic OH excluding ortho intramolecular Hbond substituents is 1. The molecule has 0 saturated heterocycles. The molecule has 0 aliphatic rings. The van der Waals surface area contributed by atoms with Gasteiger partial charge in [-0.3, -0.25) is 9.59 Å². The highest BCUT2D eigenvalue weighted by atomic mass is 16.6. The van der Waals surface area contributed by atoms with Crippen molar-refractivity contribution in [3.05, 3.63) is 29.8 Å². The largest absolute Gasteiger partial charge is 0.508 e. The topological polar surface area (TPSA) is 108 Å². The minimum atomic E-state index is -1.02. The number of rotatable bonds is 10. The summed E-state index contributed by atoms with van der Waals surface area (Å²) in [5, 5.41) is 15.8. The summed E-state index contributed by atoms with van der Waals surface area (Å²) in [6, 6.07) is 4.51. The van der Waals surface area contributed by atoms with Gasteiger partial charge in [-0.05, 0) is 47.1 Å². The Hall–Kier alpha value is -2.77. The van der Waals surface area contributed by atoms with Crippen molar-refractivity contribution in [3.8, 4) is 5.75 Å². The van der Waals surface area contributed by atoms with Crippen LogP contribution >= 0.6 is 0 Å². The molecule has 1 aromatic carbocycles. The van der Waals surface area contributed by atoms with Crippen LogP contribution in [0.4, 0.5) is 4.79 Å². The van der Waals surface area contributed by atoms with Gasteiger partial charge in [-0.25, -0.2) is 4.79 Å². The summed E-state index contributed by atoms with van der Waals surface area (Å²) in [5.74, 6) is -0.905. The zero-order chi connectivity index (χ0) is 23.6. The molecule has 0 aromatic heterocycles. The highest BCUT2D eigenvalue weighted by Gasteiger charge is 2.34. The number of unbranched alkanes of at least 4 members (excludes halogenated alkanes) is 2. The van der Waals surface area contributed by atoms with Crippen LogP contribution in [0.3, 0.4) is 0 Å². The first-order valence-electron chi connectivity index (χ1n) is 10.9. The van der Waals surface area contributed by atoms with E-state index >= 15 is 0 Å². The van der Waals surface area contributed by atoms with E-state index in [1.165, 1.54) is 17.9 Å². The smallest absolute Gasteiger partial charge is 0.408 e. The highest BCUT2D eigenvalue weighted by Crippen LogP contribution is 2.29. The summed E-state index contributed by atoms with van der Waals surface area (Å²) < 4.78 is 5.22. The maximum absolute atomic E-state index is 13.2. The van der Waals surface area contributed by atoms with Crippen LogP contribution in [0.25, 0.3) is 0 Å². The van der Waals surface area contributed by atoms with Gasteiger partial charge in [0.05, 0.1) is 0 Å². The molecule has 1 rings (SSSR count). The van der Waals surface area contributed by atoms with Crippen molar-refractivity contribution < 1.29 is 24.2 Å². The Morgan fingerprint density at radius 2 is 1.77 bits per heavy atom. The molecule has 0 saturated carbocycles. The number of para-hydroxylation sites is 1. The van der Waals surface area contributed by atoms with Crippen molar-refractivity contribution >= 4 is 17.9 Å². The van der Waals surface area contributed by atoms with Gasteiger partial charge in [0.2, 0.25) is 11.8 Å². The minimum absolute atomic E-state index is 0.0739. The number of hydrogen-bond acceptors (Lipinski definition) is 5. The fourth-order valence-corrected chi connectivity index (χ4v) is 3.11. The van der Waals surface area contributed by atoms with Gasteiger partial charge in [-0.2, -0.15) is 0 Å². The van der Waals surface area contributed by atoms with E-state index in [1.807, 2.05) is 0 Å². The van der Waals surface area contributed by atoms with Crippen molar-refractivity contribution in [1.82, 2.24) is 15.5 Å². The van der Waals surface area contributed by atoms with Gasteiger partial charge in [-0.1, -0.05) is 38.0 Å². The van der Waals surface area contributed by atoms with Crippen molar-refractivity contribution in [1.29, 1.82) is 0 Å². The Kier molecular flexibility index (Phi) is 10.3. The van der Waals surface area contributed by atoms with Gasteiger partial charge in [-0.15, -0.1) is 0 Å². The van der Waals surface area contributed by atoms with Crippen LogP contribution < -0.4 is 10.6 Å². The SMILES string of the molecule is CCCCCNC(=O)C(c1ccccc1O)N(CC)C(=O)C(C)NC(=O)OC(C)(C)C. The molecule has 0 radical (unpaired) electrons. The predicted molar refractivity (Wildman–Crippen MR) is 120 cm³/mol. The zero-order valence-corrected chi connectivity index (χ0v) is 19.5. The third kappa shape index (κ3) is 8.47. The van der Waals surface area contributed by atoms with Crippen LogP contribution in [0, 0.1) is 0 Å². The summed E-state index contributed by atoms with van der Waals surface area (Å²) in [5.41, 5.74) is -0.372. The van der Waals surface area contributed by atoms with Crippen LogP contribution in [-0.4, -0.2) is 52.6 Å². The summed E-state index contributed by atoms with van der Waals surface area (Å²) >= 11 is 0. The third-order valence-corrected chi connectivity index (χ3v) is 4.60. The summed E-state index contributed by atoms with van der Waals surface area (Å²) in [4.78, 5) is 39.7. The molecule has 0 aliphatic carbocycles. The van der Waals surface area contributed by atoms with Crippen LogP contribution in [0.5, 0.6) is 5.75 Å². The van der Waals surface area contributed by atoms with E-state index in [4.69, 9.17) is 4.74 Å². The van der Waals surface area contributed by atoms with Crippen LogP contribution in [0.1, 0.15) is 72.4 Å². The van der Waals surface area contributed by atoms with Crippen molar-refractivity contribution in [2.75, 3.05) is 13.1 Å². The second kappa shape index (κ2) is 12.2. The van der Waals surface area contributed by atoms with E-state index in [2.05, 4.69) is 17.6 Å². The number of aromatic hydroxyl groups is 1. The summed E-state index contributed by atoms with van der Waals surface area (Å²) in [6.45, 7) is 11.2. The Balaban J connectivity index is 3.10. The number of hydrogen-bond donors (Lipinski definition) is 3. The van der Waals surface area contributed by atoms with Gasteiger partial charge in [0.15, 0.2) is 0 Å². The highest BCUT2D eigenvalue weighted by molar-refractivity contribution is 5.92. The summed E-state index contributed by atoms with van der Waals surface area (Å²) in [6.07, 6.45) is 2.11. The van der Waals surface area contributed by atoms with E-state index in [9.17, 15) is 19.5 Å². The molecular weight excluding hydrogens is 398 g/mol. The maximum atomic E-state index is 13.2. The number of carbonyl (C=O) groups excluding carboxylic acids is 3. The molecule has 8 heteroatoms. The monoisotopic (exact) mass is 435 g/mol. The molecule has 2 unspecified atom stereocenters. The van der Waals surface area contributed by atoms with E-state index in [0.717, 1.165) is 19.3 Å². The number of ether oxygens (including phenoxy) is 1. The first kappa shape index (κ1) is 26.3. The van der Waals surface area contributed by atoms with Crippen LogP contribution in [0.15, 0.2) is 24.3 Å². The molecule has 1 aromatic rings. The van der Waals surface area contributed by atoms with E-state index in [-0.39, 0.29) is 18.2 Å². The molecule has 31 heavy (non-hydrogen) atoms. The number of nitrogens with one attached hydrogen (secondary N) is 2. The molecule has 3 N–H and O–H groups in total. The quantitative estimate of drug-likeness (QED) is 0.488. The molecule has 0 aliphatic heterocycles. The average Bonchev–Trinajstić information content (AvgIpc) is 2.68. The van der Waals surface area contributed by atoms with Crippen LogP contribution in [0.2, 0.25) is 0 Å². The molecule has 0 bridgehead atoms. The average molecular weight is 436 g/mol. The second-order valence-electron chi connectivity index (χ2n) is 8.45. The normalized spacial score (nSPS) is 13.1. The van der Waals surface area contributed by atoms with Crippen LogP contribution in [-0.2, 0) is 14.3 Å². The first-order valence-corrected chi connectivity index (χ1v) is 10.9. The Bertz CT molecular complexity index is 745. The van der Waals surface area contributed by atoms with Gasteiger partial charge < -0.3 is 25.4 Å². The standard InChI is InChI=1S/C23H37N3O5/c1-7-9-12-15-24-20(28)19(17-13-10-11-14-18(17)27)26(8-2)21(29)16(3)25-22(30)31-23(4,5)6/h10-11,13-14,16,19,27H,7-9,12,15H2,1-6H3,(H,24,28)(H,25,30). The number of amides is 3. The molecule has 8 nitrogen and oxygen atoms in total. The first-order chi connectivity index (χ1) is 14.5. The van der Waals surface area contributed by atoms with E-state index in [0.29, 0.717) is 12.1 Å². The van der Waals surface area contributed by atoms with E-state index in [1.54, 1.807) is 45.9 Å². The maximum Gasteiger partial charge on any atom is 0.408 e. The molecule has 0 spiro atoms. The Morgan fingerprint density at radius 1 is 1.13 bits per heavy atom. The lowest BCUT2D eigenvalue weighted by Gasteiger charge is -2.33.